The Balaban J connectivity index is 0.00000192. The largest absolute Gasteiger partial charge is 0.364 e. The maximum absolute atomic E-state index is 12.0. The molecule has 0 radical (unpaired) electrons. The highest BCUT2D eigenvalue weighted by molar-refractivity contribution is 5.95. The highest BCUT2D eigenvalue weighted by Gasteiger charge is 2.21. The summed E-state index contributed by atoms with van der Waals surface area (Å²) in [4.78, 5) is 23.0. The SMILES string of the molecule is Cl.NC(=O)c1ccn(-c2ccc(NC(=O)C3CCCN3)cc2)n1. The average Bonchev–Trinajstić information content (AvgIpc) is 3.20. The number of aromatic nitrogens is 2. The summed E-state index contributed by atoms with van der Waals surface area (Å²) in [6, 6.07) is 8.68. The lowest BCUT2D eigenvalue weighted by Gasteiger charge is -2.11. The van der Waals surface area contributed by atoms with Crippen LogP contribution in [0.25, 0.3) is 5.69 Å². The highest BCUT2D eigenvalue weighted by atomic mass is 35.5. The van der Waals surface area contributed by atoms with Gasteiger partial charge in [0.25, 0.3) is 5.91 Å². The number of hydrogen-bond donors (Lipinski definition) is 3. The fraction of sp³-hybridized carbons (Fsp3) is 0.267. The normalized spacial score (nSPS) is 16.6. The van der Waals surface area contributed by atoms with Gasteiger partial charge in [0, 0.05) is 11.9 Å². The number of rotatable bonds is 4. The number of nitrogens with zero attached hydrogens (tertiary/aromatic N) is 2. The van der Waals surface area contributed by atoms with Crippen molar-refractivity contribution in [2.45, 2.75) is 18.9 Å². The summed E-state index contributed by atoms with van der Waals surface area (Å²) in [7, 11) is 0. The zero-order valence-corrected chi connectivity index (χ0v) is 13.2. The van der Waals surface area contributed by atoms with E-state index in [1.807, 2.05) is 12.1 Å². The lowest BCUT2D eigenvalue weighted by Crippen LogP contribution is -2.35. The first kappa shape index (κ1) is 17.0. The van der Waals surface area contributed by atoms with E-state index in [9.17, 15) is 9.59 Å². The number of hydrogen-bond acceptors (Lipinski definition) is 4. The first-order chi connectivity index (χ1) is 10.6. The Morgan fingerprint density at radius 2 is 2.00 bits per heavy atom. The molecule has 1 unspecified atom stereocenters. The highest BCUT2D eigenvalue weighted by Crippen LogP contribution is 2.15. The van der Waals surface area contributed by atoms with Crippen molar-refractivity contribution >= 4 is 29.9 Å². The number of amides is 2. The molecule has 8 heteroatoms. The van der Waals surface area contributed by atoms with Crippen LogP contribution < -0.4 is 16.4 Å². The van der Waals surface area contributed by atoms with Crippen molar-refractivity contribution in [1.29, 1.82) is 0 Å². The summed E-state index contributed by atoms with van der Waals surface area (Å²) in [6.07, 6.45) is 3.56. The standard InChI is InChI=1S/C15H17N5O2.ClH/c16-14(21)12-7-9-20(19-12)11-5-3-10(4-6-11)18-15(22)13-2-1-8-17-13;/h3-7,9,13,17H,1-2,8H2,(H2,16,21)(H,18,22);1H. The first-order valence-electron chi connectivity index (χ1n) is 7.13. The van der Waals surface area contributed by atoms with Crippen molar-refractivity contribution in [2.24, 2.45) is 5.73 Å². The zero-order chi connectivity index (χ0) is 15.5. The van der Waals surface area contributed by atoms with Gasteiger partial charge in [-0.15, -0.1) is 12.4 Å². The second-order valence-corrected chi connectivity index (χ2v) is 5.19. The molecular weight excluding hydrogens is 318 g/mol. The number of nitrogens with two attached hydrogens (primary N) is 1. The van der Waals surface area contributed by atoms with E-state index >= 15 is 0 Å². The molecule has 1 saturated heterocycles. The molecule has 23 heavy (non-hydrogen) atoms. The van der Waals surface area contributed by atoms with Gasteiger partial charge in [-0.05, 0) is 49.7 Å². The van der Waals surface area contributed by atoms with Gasteiger partial charge in [-0.2, -0.15) is 5.10 Å². The molecule has 0 spiro atoms. The molecule has 2 heterocycles. The Morgan fingerprint density at radius 3 is 2.57 bits per heavy atom. The van der Waals surface area contributed by atoms with Crippen LogP contribution in [0.4, 0.5) is 5.69 Å². The van der Waals surface area contributed by atoms with Crippen molar-refractivity contribution in [3.8, 4) is 5.69 Å². The maximum atomic E-state index is 12.0. The third-order valence-corrected chi connectivity index (χ3v) is 3.62. The van der Waals surface area contributed by atoms with E-state index in [0.717, 1.165) is 30.8 Å². The molecule has 1 atom stereocenters. The summed E-state index contributed by atoms with van der Waals surface area (Å²) >= 11 is 0. The molecule has 4 N–H and O–H groups in total. The van der Waals surface area contributed by atoms with E-state index in [4.69, 9.17) is 5.73 Å². The summed E-state index contributed by atoms with van der Waals surface area (Å²) in [5.74, 6) is -0.577. The lowest BCUT2D eigenvalue weighted by molar-refractivity contribution is -0.117. The molecule has 7 nitrogen and oxygen atoms in total. The van der Waals surface area contributed by atoms with E-state index in [2.05, 4.69) is 15.7 Å². The van der Waals surface area contributed by atoms with Gasteiger partial charge in [-0.1, -0.05) is 0 Å². The van der Waals surface area contributed by atoms with E-state index in [1.165, 1.54) is 0 Å². The van der Waals surface area contributed by atoms with Crippen LogP contribution in [-0.2, 0) is 4.79 Å². The van der Waals surface area contributed by atoms with E-state index in [-0.39, 0.29) is 30.0 Å². The van der Waals surface area contributed by atoms with Crippen molar-refractivity contribution < 1.29 is 9.59 Å². The molecule has 1 aromatic heterocycles. The first-order valence-corrected chi connectivity index (χ1v) is 7.13. The molecular formula is C15H18ClN5O2. The van der Waals surface area contributed by atoms with Gasteiger partial charge in [0.1, 0.15) is 5.69 Å². The summed E-state index contributed by atoms with van der Waals surface area (Å²) in [5, 5.41) is 10.1. The number of nitrogens with one attached hydrogen (secondary N) is 2. The molecule has 0 saturated carbocycles. The van der Waals surface area contributed by atoms with Crippen molar-refractivity contribution in [3.63, 3.8) is 0 Å². The Hall–Kier alpha value is -2.38. The molecule has 0 aliphatic carbocycles. The van der Waals surface area contributed by atoms with Gasteiger partial charge >= 0.3 is 0 Å². The minimum Gasteiger partial charge on any atom is -0.364 e. The minimum absolute atomic E-state index is 0. The number of carbonyl (C=O) groups excluding carboxylic acids is 2. The Bertz CT molecular complexity index is 692. The van der Waals surface area contributed by atoms with Gasteiger partial charge in [0.05, 0.1) is 11.7 Å². The second kappa shape index (κ2) is 7.26. The fourth-order valence-electron chi connectivity index (χ4n) is 2.43. The molecule has 0 bridgehead atoms. The number of anilines is 1. The van der Waals surface area contributed by atoms with Gasteiger partial charge in [-0.3, -0.25) is 9.59 Å². The van der Waals surface area contributed by atoms with Gasteiger partial charge in [0.2, 0.25) is 5.91 Å². The minimum atomic E-state index is -0.563. The van der Waals surface area contributed by atoms with E-state index in [0.29, 0.717) is 0 Å². The number of halogens is 1. The van der Waals surface area contributed by atoms with Crippen LogP contribution >= 0.6 is 12.4 Å². The molecule has 3 rings (SSSR count). The molecule has 2 amide bonds. The molecule has 122 valence electrons. The Kier molecular flexibility index (Phi) is 5.36. The molecule has 1 aliphatic heterocycles. The smallest absolute Gasteiger partial charge is 0.269 e. The molecule has 1 fully saturated rings. The van der Waals surface area contributed by atoms with Crippen LogP contribution in [-0.4, -0.2) is 34.2 Å². The van der Waals surface area contributed by atoms with Gasteiger partial charge in [-0.25, -0.2) is 4.68 Å². The summed E-state index contributed by atoms with van der Waals surface area (Å²) in [5.41, 5.74) is 6.90. The average molecular weight is 336 g/mol. The van der Waals surface area contributed by atoms with Crippen molar-refractivity contribution in [1.82, 2.24) is 15.1 Å². The van der Waals surface area contributed by atoms with Crippen molar-refractivity contribution in [2.75, 3.05) is 11.9 Å². The fourth-order valence-corrected chi connectivity index (χ4v) is 2.43. The monoisotopic (exact) mass is 335 g/mol. The Labute approximate surface area is 139 Å². The third-order valence-electron chi connectivity index (χ3n) is 3.62. The second-order valence-electron chi connectivity index (χ2n) is 5.19. The predicted molar refractivity (Wildman–Crippen MR) is 89.0 cm³/mol. The van der Waals surface area contributed by atoms with E-state index in [1.54, 1.807) is 29.1 Å². The number of benzene rings is 1. The van der Waals surface area contributed by atoms with Crippen LogP contribution in [0.1, 0.15) is 23.3 Å². The lowest BCUT2D eigenvalue weighted by atomic mass is 10.2. The van der Waals surface area contributed by atoms with Crippen LogP contribution in [0.15, 0.2) is 36.5 Å². The molecule has 2 aromatic rings. The number of carbonyl (C=O) groups is 2. The topological polar surface area (TPSA) is 102 Å². The quantitative estimate of drug-likeness (QED) is 0.778. The van der Waals surface area contributed by atoms with Crippen molar-refractivity contribution in [3.05, 3.63) is 42.2 Å². The molecule has 1 aromatic carbocycles. The zero-order valence-electron chi connectivity index (χ0n) is 12.4. The van der Waals surface area contributed by atoms with Crippen LogP contribution in [0.2, 0.25) is 0 Å². The van der Waals surface area contributed by atoms with Crippen LogP contribution in [0.3, 0.4) is 0 Å². The number of primary amides is 1. The summed E-state index contributed by atoms with van der Waals surface area (Å²) < 4.78 is 1.56. The third kappa shape index (κ3) is 3.88. The maximum Gasteiger partial charge on any atom is 0.269 e. The van der Waals surface area contributed by atoms with Crippen LogP contribution in [0, 0.1) is 0 Å². The predicted octanol–water partition coefficient (Wildman–Crippen LogP) is 1.08. The Morgan fingerprint density at radius 1 is 1.26 bits per heavy atom. The molecule has 1 aliphatic rings. The van der Waals surface area contributed by atoms with Crippen LogP contribution in [0.5, 0.6) is 0 Å². The van der Waals surface area contributed by atoms with E-state index < -0.39 is 5.91 Å². The van der Waals surface area contributed by atoms with Gasteiger partial charge < -0.3 is 16.4 Å². The van der Waals surface area contributed by atoms with Gasteiger partial charge in [0.15, 0.2) is 0 Å². The summed E-state index contributed by atoms with van der Waals surface area (Å²) in [6.45, 7) is 0.887.